The predicted molar refractivity (Wildman–Crippen MR) is 58.6 cm³/mol. The van der Waals surface area contributed by atoms with Crippen molar-refractivity contribution in [1.82, 2.24) is 4.98 Å². The maximum absolute atomic E-state index is 13.6. The zero-order valence-corrected chi connectivity index (χ0v) is 9.00. The molecule has 0 aromatic carbocycles. The number of alkyl halides is 2. The summed E-state index contributed by atoms with van der Waals surface area (Å²) in [7, 11) is 0. The van der Waals surface area contributed by atoms with Crippen molar-refractivity contribution in [3.05, 3.63) is 23.9 Å². The summed E-state index contributed by atoms with van der Waals surface area (Å²) in [5, 5.41) is 0. The fourth-order valence-electron chi connectivity index (χ4n) is 1.97. The van der Waals surface area contributed by atoms with Crippen LogP contribution in [0.1, 0.15) is 18.4 Å². The molecule has 5 heteroatoms. The molecule has 0 unspecified atom stereocenters. The summed E-state index contributed by atoms with van der Waals surface area (Å²) in [5.41, 5.74) is 5.05. The highest BCUT2D eigenvalue weighted by atomic mass is 19.3. The monoisotopic (exact) mass is 227 g/mol. The average molecular weight is 227 g/mol. The van der Waals surface area contributed by atoms with Gasteiger partial charge in [0, 0.05) is 19.3 Å². The summed E-state index contributed by atoms with van der Waals surface area (Å²) < 4.78 is 27.2. The lowest BCUT2D eigenvalue weighted by molar-refractivity contribution is 0.00616. The number of pyridine rings is 1. The van der Waals surface area contributed by atoms with Gasteiger partial charge in [-0.15, -0.1) is 0 Å². The highest BCUT2D eigenvalue weighted by molar-refractivity contribution is 5.49. The first-order valence-electron chi connectivity index (χ1n) is 5.43. The van der Waals surface area contributed by atoms with Crippen molar-refractivity contribution in [3.8, 4) is 0 Å². The third kappa shape index (κ3) is 2.00. The van der Waals surface area contributed by atoms with Gasteiger partial charge in [0.15, 0.2) is 0 Å². The van der Waals surface area contributed by atoms with E-state index in [4.69, 9.17) is 5.73 Å². The molecule has 2 rings (SSSR count). The molecule has 1 saturated heterocycles. The van der Waals surface area contributed by atoms with Gasteiger partial charge in [0.05, 0.1) is 12.1 Å². The Morgan fingerprint density at radius 1 is 1.38 bits per heavy atom. The summed E-state index contributed by atoms with van der Waals surface area (Å²) >= 11 is 0. The van der Waals surface area contributed by atoms with Gasteiger partial charge in [-0.05, 0) is 25.0 Å². The Balaban J connectivity index is 2.37. The van der Waals surface area contributed by atoms with Crippen LogP contribution in [-0.2, 0) is 5.92 Å². The van der Waals surface area contributed by atoms with Crippen LogP contribution in [0.4, 0.5) is 14.6 Å². The van der Waals surface area contributed by atoms with Gasteiger partial charge in [0.2, 0.25) is 0 Å². The molecule has 3 nitrogen and oxygen atoms in total. The molecular formula is C11H15F2N3. The van der Waals surface area contributed by atoms with Crippen molar-refractivity contribution in [2.24, 2.45) is 5.73 Å². The zero-order chi connectivity index (χ0) is 11.6. The second kappa shape index (κ2) is 4.33. The summed E-state index contributed by atoms with van der Waals surface area (Å²) in [6.45, 7) is 0.912. The molecule has 0 bridgehead atoms. The Kier molecular flexibility index (Phi) is 3.05. The molecule has 0 aliphatic carbocycles. The summed E-state index contributed by atoms with van der Waals surface area (Å²) in [6, 6.07) is 2.94. The molecular weight excluding hydrogens is 212 g/mol. The quantitative estimate of drug-likeness (QED) is 0.855. The normalized spacial score (nSPS) is 16.8. The molecule has 1 fully saturated rings. The fraction of sp³-hybridized carbons (Fsp3) is 0.545. The van der Waals surface area contributed by atoms with E-state index in [1.165, 1.54) is 12.1 Å². The lowest BCUT2D eigenvalue weighted by atomic mass is 10.1. The van der Waals surface area contributed by atoms with Crippen LogP contribution in [0.15, 0.2) is 18.3 Å². The van der Waals surface area contributed by atoms with Crippen LogP contribution in [0.25, 0.3) is 0 Å². The van der Waals surface area contributed by atoms with Crippen molar-refractivity contribution >= 4 is 5.82 Å². The first-order chi connectivity index (χ1) is 7.65. The molecule has 1 aromatic rings. The topological polar surface area (TPSA) is 42.1 Å². The van der Waals surface area contributed by atoms with Gasteiger partial charge in [-0.3, -0.25) is 0 Å². The number of hydrogen-bond donors (Lipinski definition) is 1. The SMILES string of the molecule is NCC(F)(F)c1cccnc1N1CCCC1. The summed E-state index contributed by atoms with van der Waals surface area (Å²) in [4.78, 5) is 5.97. The van der Waals surface area contributed by atoms with Gasteiger partial charge in [-0.2, -0.15) is 8.78 Å². The van der Waals surface area contributed by atoms with Crippen LogP contribution >= 0.6 is 0 Å². The second-order valence-electron chi connectivity index (χ2n) is 3.98. The van der Waals surface area contributed by atoms with Gasteiger partial charge in [0.25, 0.3) is 5.92 Å². The van der Waals surface area contributed by atoms with Gasteiger partial charge in [-0.1, -0.05) is 0 Å². The van der Waals surface area contributed by atoms with Crippen molar-refractivity contribution in [1.29, 1.82) is 0 Å². The second-order valence-corrected chi connectivity index (χ2v) is 3.98. The number of hydrogen-bond acceptors (Lipinski definition) is 3. The van der Waals surface area contributed by atoms with E-state index in [-0.39, 0.29) is 5.56 Å². The van der Waals surface area contributed by atoms with Crippen LogP contribution in [0.2, 0.25) is 0 Å². The van der Waals surface area contributed by atoms with E-state index in [0.29, 0.717) is 5.82 Å². The molecule has 16 heavy (non-hydrogen) atoms. The maximum Gasteiger partial charge on any atom is 0.288 e. The van der Waals surface area contributed by atoms with E-state index in [0.717, 1.165) is 25.9 Å². The van der Waals surface area contributed by atoms with Gasteiger partial charge < -0.3 is 10.6 Å². The Morgan fingerprint density at radius 3 is 2.69 bits per heavy atom. The van der Waals surface area contributed by atoms with E-state index < -0.39 is 12.5 Å². The lowest BCUT2D eigenvalue weighted by Gasteiger charge is -2.23. The van der Waals surface area contributed by atoms with E-state index in [2.05, 4.69) is 4.98 Å². The number of nitrogens with zero attached hydrogens (tertiary/aromatic N) is 2. The minimum Gasteiger partial charge on any atom is -0.356 e. The minimum atomic E-state index is -2.99. The van der Waals surface area contributed by atoms with Crippen LogP contribution in [-0.4, -0.2) is 24.6 Å². The lowest BCUT2D eigenvalue weighted by Crippen LogP contribution is -2.30. The number of anilines is 1. The molecule has 1 aliphatic rings. The molecule has 1 aromatic heterocycles. The maximum atomic E-state index is 13.6. The highest BCUT2D eigenvalue weighted by Gasteiger charge is 2.34. The van der Waals surface area contributed by atoms with Gasteiger partial charge >= 0.3 is 0 Å². The van der Waals surface area contributed by atoms with Crippen molar-refractivity contribution in [2.45, 2.75) is 18.8 Å². The Morgan fingerprint density at radius 2 is 2.06 bits per heavy atom. The van der Waals surface area contributed by atoms with Gasteiger partial charge in [-0.25, -0.2) is 4.98 Å². The molecule has 0 amide bonds. The van der Waals surface area contributed by atoms with E-state index >= 15 is 0 Å². The van der Waals surface area contributed by atoms with Crippen LogP contribution in [0, 0.1) is 0 Å². The van der Waals surface area contributed by atoms with Crippen LogP contribution in [0.3, 0.4) is 0 Å². The number of aromatic nitrogens is 1. The largest absolute Gasteiger partial charge is 0.356 e. The van der Waals surface area contributed by atoms with Crippen LogP contribution in [0.5, 0.6) is 0 Å². The third-order valence-electron chi connectivity index (χ3n) is 2.84. The van der Waals surface area contributed by atoms with E-state index in [1.807, 2.05) is 4.90 Å². The number of halogens is 2. The Labute approximate surface area is 93.3 Å². The molecule has 0 atom stereocenters. The highest BCUT2D eigenvalue weighted by Crippen LogP contribution is 2.34. The Hall–Kier alpha value is -1.23. The molecule has 0 radical (unpaired) electrons. The molecule has 0 saturated carbocycles. The molecule has 1 aliphatic heterocycles. The molecule has 0 spiro atoms. The predicted octanol–water partition coefficient (Wildman–Crippen LogP) is 1.73. The number of rotatable bonds is 3. The first kappa shape index (κ1) is 11.3. The van der Waals surface area contributed by atoms with Crippen molar-refractivity contribution in [2.75, 3.05) is 24.5 Å². The minimum absolute atomic E-state index is 0.0561. The summed E-state index contributed by atoms with van der Waals surface area (Å²) in [6.07, 6.45) is 3.61. The average Bonchev–Trinajstić information content (AvgIpc) is 2.82. The summed E-state index contributed by atoms with van der Waals surface area (Å²) in [5.74, 6) is -2.61. The van der Waals surface area contributed by atoms with Crippen LogP contribution < -0.4 is 10.6 Å². The number of nitrogens with two attached hydrogens (primary N) is 1. The van der Waals surface area contributed by atoms with Crippen molar-refractivity contribution in [3.63, 3.8) is 0 Å². The Bertz CT molecular complexity index is 362. The van der Waals surface area contributed by atoms with E-state index in [9.17, 15) is 8.78 Å². The zero-order valence-electron chi connectivity index (χ0n) is 9.00. The standard InChI is InChI=1S/C11H15F2N3/c12-11(13,8-14)9-4-3-5-15-10(9)16-6-1-2-7-16/h3-5H,1-2,6-8,14H2. The van der Waals surface area contributed by atoms with Gasteiger partial charge in [0.1, 0.15) is 5.82 Å². The first-order valence-corrected chi connectivity index (χ1v) is 5.43. The third-order valence-corrected chi connectivity index (χ3v) is 2.84. The molecule has 2 heterocycles. The fourth-order valence-corrected chi connectivity index (χ4v) is 1.97. The van der Waals surface area contributed by atoms with Crippen molar-refractivity contribution < 1.29 is 8.78 Å². The smallest absolute Gasteiger partial charge is 0.288 e. The molecule has 2 N–H and O–H groups in total. The molecule has 88 valence electrons. The van der Waals surface area contributed by atoms with E-state index in [1.54, 1.807) is 6.20 Å².